The Morgan fingerprint density at radius 1 is 1.00 bits per heavy atom. The molecule has 0 radical (unpaired) electrons. The van der Waals surface area contributed by atoms with Gasteiger partial charge in [-0.15, -0.1) is 0 Å². The van der Waals surface area contributed by atoms with E-state index in [0.29, 0.717) is 4.90 Å². The molecule has 2 aromatic rings. The number of sulfonamides is 1. The van der Waals surface area contributed by atoms with Crippen LogP contribution in [0.15, 0.2) is 57.9 Å². The highest BCUT2D eigenvalue weighted by Crippen LogP contribution is 2.42. The monoisotopic (exact) mass is 405 g/mol. The number of hydrogen-bond donors (Lipinski definition) is 0. The second kappa shape index (κ2) is 5.74. The summed E-state index contributed by atoms with van der Waals surface area (Å²) < 4.78 is 29.1. The zero-order valence-electron chi connectivity index (χ0n) is 14.2. The van der Waals surface area contributed by atoms with E-state index in [1.165, 1.54) is 0 Å². The Labute approximate surface area is 152 Å². The normalized spacial score (nSPS) is 16.5. The van der Waals surface area contributed by atoms with Crippen LogP contribution in [-0.4, -0.2) is 14.0 Å². The zero-order chi connectivity index (χ0) is 17.7. The molecule has 0 atom stereocenters. The number of hydrogen-bond acceptors (Lipinski definition) is 2. The Morgan fingerprint density at radius 2 is 1.62 bits per heavy atom. The van der Waals surface area contributed by atoms with Crippen LogP contribution in [0.4, 0.5) is 5.69 Å². The number of nitrogens with zero attached hydrogens (tertiary/aromatic N) is 1. The first kappa shape index (κ1) is 17.2. The number of halogens is 1. The van der Waals surface area contributed by atoms with Crippen LogP contribution >= 0.6 is 15.9 Å². The summed E-state index contributed by atoms with van der Waals surface area (Å²) in [5.74, 6) is 0. The topological polar surface area (TPSA) is 37.4 Å². The molecule has 24 heavy (non-hydrogen) atoms. The Balaban J connectivity index is 2.26. The SMILES string of the molecule is CC1=CC(C)(C)N(S(=O)(=O)c2ccc(Br)cc2)c2cc(C)ccc21. The lowest BCUT2D eigenvalue weighted by molar-refractivity contribution is 0.561. The molecule has 3 rings (SSSR count). The van der Waals surface area contributed by atoms with Gasteiger partial charge in [-0.3, -0.25) is 4.31 Å². The lowest BCUT2D eigenvalue weighted by Crippen LogP contribution is -2.48. The van der Waals surface area contributed by atoms with Crippen LogP contribution in [0, 0.1) is 6.92 Å². The zero-order valence-corrected chi connectivity index (χ0v) is 16.6. The van der Waals surface area contributed by atoms with Gasteiger partial charge in [-0.05, 0) is 69.2 Å². The maximum atomic E-state index is 13.4. The molecule has 0 bridgehead atoms. The fourth-order valence-corrected chi connectivity index (χ4v) is 5.31. The third-order valence-corrected chi connectivity index (χ3v) is 6.79. The van der Waals surface area contributed by atoms with Crippen LogP contribution in [-0.2, 0) is 10.0 Å². The summed E-state index contributed by atoms with van der Waals surface area (Å²) in [6.07, 6.45) is 2.01. The lowest BCUT2D eigenvalue weighted by atomic mass is 9.90. The predicted molar refractivity (Wildman–Crippen MR) is 103 cm³/mol. The van der Waals surface area contributed by atoms with Gasteiger partial charge < -0.3 is 0 Å². The van der Waals surface area contributed by atoms with Crippen LogP contribution in [0.2, 0.25) is 0 Å². The van der Waals surface area contributed by atoms with Crippen LogP contribution in [0.25, 0.3) is 5.57 Å². The van der Waals surface area contributed by atoms with Crippen molar-refractivity contribution >= 4 is 37.2 Å². The third kappa shape index (κ3) is 2.80. The minimum atomic E-state index is -3.67. The highest BCUT2D eigenvalue weighted by molar-refractivity contribution is 9.10. The Kier molecular flexibility index (Phi) is 4.12. The average Bonchev–Trinajstić information content (AvgIpc) is 2.45. The molecular weight excluding hydrogens is 386 g/mol. The maximum absolute atomic E-state index is 13.4. The highest BCUT2D eigenvalue weighted by Gasteiger charge is 2.40. The summed E-state index contributed by atoms with van der Waals surface area (Å²) in [6.45, 7) is 7.86. The molecule has 0 unspecified atom stereocenters. The van der Waals surface area contributed by atoms with Gasteiger partial charge in [0.25, 0.3) is 10.0 Å². The molecule has 0 amide bonds. The molecule has 0 spiro atoms. The van der Waals surface area contributed by atoms with Crippen LogP contribution in [0.1, 0.15) is 31.9 Å². The molecule has 126 valence electrons. The number of fused-ring (bicyclic) bond motifs is 1. The van der Waals surface area contributed by atoms with E-state index in [4.69, 9.17) is 0 Å². The molecule has 1 aliphatic heterocycles. The van der Waals surface area contributed by atoms with E-state index in [0.717, 1.165) is 26.9 Å². The van der Waals surface area contributed by atoms with Crippen molar-refractivity contribution in [3.8, 4) is 0 Å². The van der Waals surface area contributed by atoms with Crippen molar-refractivity contribution in [1.82, 2.24) is 0 Å². The minimum absolute atomic E-state index is 0.291. The summed E-state index contributed by atoms with van der Waals surface area (Å²) in [5, 5.41) is 0. The fourth-order valence-electron chi connectivity index (χ4n) is 3.27. The van der Waals surface area contributed by atoms with E-state index < -0.39 is 15.6 Å². The molecule has 1 aliphatic rings. The van der Waals surface area contributed by atoms with Crippen molar-refractivity contribution in [2.45, 2.75) is 38.1 Å². The molecular formula is C19H20BrNO2S. The molecule has 1 heterocycles. The third-order valence-electron chi connectivity index (χ3n) is 4.24. The van der Waals surface area contributed by atoms with Crippen molar-refractivity contribution in [3.05, 3.63) is 64.1 Å². The van der Waals surface area contributed by atoms with E-state index in [1.54, 1.807) is 28.6 Å². The quantitative estimate of drug-likeness (QED) is 0.692. The van der Waals surface area contributed by atoms with Gasteiger partial charge >= 0.3 is 0 Å². The standard InChI is InChI=1S/C19H20BrNO2S/c1-13-5-10-17-14(2)12-19(3,4)21(18(17)11-13)24(22,23)16-8-6-15(20)7-9-16/h5-12H,1-4H3. The van der Waals surface area contributed by atoms with E-state index in [9.17, 15) is 8.42 Å². The first-order valence-electron chi connectivity index (χ1n) is 7.74. The predicted octanol–water partition coefficient (Wildman–Crippen LogP) is 5.15. The molecule has 0 saturated carbocycles. The van der Waals surface area contributed by atoms with Gasteiger partial charge in [0.1, 0.15) is 0 Å². The number of aryl methyl sites for hydroxylation is 1. The summed E-state index contributed by atoms with van der Waals surface area (Å²) in [6, 6.07) is 12.7. The number of benzene rings is 2. The molecule has 5 heteroatoms. The van der Waals surface area contributed by atoms with Crippen LogP contribution in [0.3, 0.4) is 0 Å². The molecule has 0 aromatic heterocycles. The van der Waals surface area contributed by atoms with Crippen molar-refractivity contribution in [1.29, 1.82) is 0 Å². The van der Waals surface area contributed by atoms with Crippen molar-refractivity contribution in [2.75, 3.05) is 4.31 Å². The van der Waals surface area contributed by atoms with Gasteiger partial charge in [-0.2, -0.15) is 0 Å². The van der Waals surface area contributed by atoms with Gasteiger partial charge in [-0.25, -0.2) is 8.42 Å². The summed E-state index contributed by atoms with van der Waals surface area (Å²) >= 11 is 3.36. The Hall–Kier alpha value is -1.59. The van der Waals surface area contributed by atoms with Crippen molar-refractivity contribution in [2.24, 2.45) is 0 Å². The average molecular weight is 406 g/mol. The second-order valence-corrected chi connectivity index (χ2v) is 9.43. The first-order chi connectivity index (χ1) is 11.1. The molecule has 0 fully saturated rings. The van der Waals surface area contributed by atoms with E-state index in [-0.39, 0.29) is 0 Å². The van der Waals surface area contributed by atoms with E-state index >= 15 is 0 Å². The van der Waals surface area contributed by atoms with E-state index in [1.807, 2.05) is 52.0 Å². The summed E-state index contributed by atoms with van der Waals surface area (Å²) in [7, 11) is -3.67. The van der Waals surface area contributed by atoms with Gasteiger partial charge in [0, 0.05) is 10.0 Å². The largest absolute Gasteiger partial charge is 0.265 e. The fraction of sp³-hybridized carbons (Fsp3) is 0.263. The van der Waals surface area contributed by atoms with Crippen molar-refractivity contribution < 1.29 is 8.42 Å². The summed E-state index contributed by atoms with van der Waals surface area (Å²) in [5.41, 5.74) is 3.19. The van der Waals surface area contributed by atoms with Gasteiger partial charge in [-0.1, -0.05) is 34.1 Å². The van der Waals surface area contributed by atoms with Crippen molar-refractivity contribution in [3.63, 3.8) is 0 Å². The molecule has 0 aliphatic carbocycles. The van der Waals surface area contributed by atoms with Crippen LogP contribution in [0.5, 0.6) is 0 Å². The first-order valence-corrected chi connectivity index (χ1v) is 9.98. The van der Waals surface area contributed by atoms with Gasteiger partial charge in [0.2, 0.25) is 0 Å². The Bertz CT molecular complexity index is 928. The van der Waals surface area contributed by atoms with Gasteiger partial charge in [0.15, 0.2) is 0 Å². The molecule has 3 nitrogen and oxygen atoms in total. The highest BCUT2D eigenvalue weighted by atomic mass is 79.9. The van der Waals surface area contributed by atoms with Gasteiger partial charge in [0.05, 0.1) is 16.1 Å². The lowest BCUT2D eigenvalue weighted by Gasteiger charge is -2.42. The van der Waals surface area contributed by atoms with Crippen LogP contribution < -0.4 is 4.31 Å². The number of rotatable bonds is 2. The number of allylic oxidation sites excluding steroid dienone is 1. The second-order valence-electron chi connectivity index (χ2n) is 6.72. The number of anilines is 1. The maximum Gasteiger partial charge on any atom is 0.265 e. The van der Waals surface area contributed by atoms with E-state index in [2.05, 4.69) is 15.9 Å². The minimum Gasteiger partial charge on any atom is -0.256 e. The Morgan fingerprint density at radius 3 is 2.25 bits per heavy atom. The summed E-state index contributed by atoms with van der Waals surface area (Å²) in [4.78, 5) is 0.291. The molecule has 2 aromatic carbocycles. The smallest absolute Gasteiger partial charge is 0.256 e. The molecule has 0 N–H and O–H groups in total. The molecule has 0 saturated heterocycles.